The van der Waals surface area contributed by atoms with E-state index in [-0.39, 0.29) is 28.6 Å². The van der Waals surface area contributed by atoms with Crippen LogP contribution in [0.3, 0.4) is 0 Å². The second-order valence-electron chi connectivity index (χ2n) is 5.75. The van der Waals surface area contributed by atoms with Gasteiger partial charge in [-0.15, -0.1) is 0 Å². The molecule has 0 bridgehead atoms. The Morgan fingerprint density at radius 1 is 1.25 bits per heavy atom. The summed E-state index contributed by atoms with van der Waals surface area (Å²) in [6.07, 6.45) is 1.68. The Morgan fingerprint density at radius 2 is 1.96 bits per heavy atom. The van der Waals surface area contributed by atoms with Gasteiger partial charge >= 0.3 is 6.61 Å². The minimum absolute atomic E-state index is 0.0217. The monoisotopic (exact) mass is 417 g/mol. The maximum atomic E-state index is 12.5. The first-order chi connectivity index (χ1) is 13.2. The zero-order valence-corrected chi connectivity index (χ0v) is 16.3. The Hall–Kier alpha value is -2.66. The van der Waals surface area contributed by atoms with Crippen molar-refractivity contribution in [3.63, 3.8) is 0 Å². The molecule has 154 valence electrons. The van der Waals surface area contributed by atoms with E-state index in [1.807, 2.05) is 0 Å². The molecule has 0 unspecified atom stereocenters. The number of benzene rings is 1. The van der Waals surface area contributed by atoms with Crippen LogP contribution in [0.2, 0.25) is 0 Å². The van der Waals surface area contributed by atoms with Gasteiger partial charge in [0.15, 0.2) is 11.5 Å². The summed E-state index contributed by atoms with van der Waals surface area (Å²) in [4.78, 5) is 12.3. The lowest BCUT2D eigenvalue weighted by Crippen LogP contribution is -2.27. The van der Waals surface area contributed by atoms with Gasteiger partial charge < -0.3 is 19.4 Å². The zero-order valence-electron chi connectivity index (χ0n) is 15.5. The number of nitrogens with zero attached hydrogens (tertiary/aromatic N) is 1. The number of carbonyl (C=O) groups excluding carboxylic acids is 1. The molecule has 1 amide bonds. The van der Waals surface area contributed by atoms with Crippen molar-refractivity contribution in [2.45, 2.75) is 17.9 Å². The van der Waals surface area contributed by atoms with Gasteiger partial charge in [0.25, 0.3) is 5.91 Å². The molecule has 0 fully saturated rings. The summed E-state index contributed by atoms with van der Waals surface area (Å²) >= 11 is 0. The number of sulfonamides is 1. The summed E-state index contributed by atoms with van der Waals surface area (Å²) in [6.45, 7) is -2.78. The summed E-state index contributed by atoms with van der Waals surface area (Å²) in [5.74, 6) is -0.376. The van der Waals surface area contributed by atoms with Crippen LogP contribution < -0.4 is 19.5 Å². The number of amides is 1. The Labute approximate surface area is 161 Å². The molecule has 1 aromatic heterocycles. The number of methoxy groups -OCH3 is 1. The Bertz CT molecular complexity index is 944. The molecule has 0 saturated heterocycles. The number of rotatable bonds is 9. The van der Waals surface area contributed by atoms with Gasteiger partial charge in [-0.3, -0.25) is 4.79 Å². The van der Waals surface area contributed by atoms with E-state index in [2.05, 4.69) is 14.8 Å². The van der Waals surface area contributed by atoms with Gasteiger partial charge in [0.2, 0.25) is 10.0 Å². The van der Waals surface area contributed by atoms with Crippen molar-refractivity contribution < 1.29 is 31.5 Å². The summed E-state index contributed by atoms with van der Waals surface area (Å²) in [5.41, 5.74) is 0.826. The van der Waals surface area contributed by atoms with E-state index in [1.165, 1.54) is 43.1 Å². The van der Waals surface area contributed by atoms with Crippen LogP contribution in [0.5, 0.6) is 11.5 Å². The van der Waals surface area contributed by atoms with E-state index in [0.717, 1.165) is 0 Å². The number of nitrogens with one attached hydrogen (secondary N) is 2. The lowest BCUT2D eigenvalue weighted by molar-refractivity contribution is -0.0512. The maximum Gasteiger partial charge on any atom is 0.387 e. The number of halogens is 2. The SMILES string of the molecule is CNS(=O)(=O)c1cc(C(=O)NCCc2ccc(OC)c(OC(F)F)c2)n(C)c1. The van der Waals surface area contributed by atoms with Crippen LogP contribution in [0.4, 0.5) is 8.78 Å². The van der Waals surface area contributed by atoms with E-state index >= 15 is 0 Å². The van der Waals surface area contributed by atoms with Crippen molar-refractivity contribution in [1.29, 1.82) is 0 Å². The third-order valence-corrected chi connectivity index (χ3v) is 5.32. The molecule has 2 N–H and O–H groups in total. The number of alkyl halides is 2. The minimum atomic E-state index is -3.66. The van der Waals surface area contributed by atoms with Crippen LogP contribution in [0.1, 0.15) is 16.1 Å². The topological polar surface area (TPSA) is 98.7 Å². The van der Waals surface area contributed by atoms with E-state index < -0.39 is 22.5 Å². The molecule has 0 spiro atoms. The Balaban J connectivity index is 2.03. The fourth-order valence-electron chi connectivity index (χ4n) is 2.50. The smallest absolute Gasteiger partial charge is 0.387 e. The molecule has 0 aliphatic carbocycles. The van der Waals surface area contributed by atoms with E-state index in [0.29, 0.717) is 12.0 Å². The molecule has 0 atom stereocenters. The van der Waals surface area contributed by atoms with Crippen molar-refractivity contribution in [3.05, 3.63) is 41.7 Å². The van der Waals surface area contributed by atoms with Gasteiger partial charge in [0, 0.05) is 19.8 Å². The van der Waals surface area contributed by atoms with Crippen LogP contribution in [0.15, 0.2) is 35.4 Å². The van der Waals surface area contributed by atoms with Crippen molar-refractivity contribution >= 4 is 15.9 Å². The number of ether oxygens (including phenoxy) is 2. The first kappa shape index (κ1) is 21.6. The quantitative estimate of drug-likeness (QED) is 0.645. The van der Waals surface area contributed by atoms with Crippen molar-refractivity contribution in [2.75, 3.05) is 20.7 Å². The molecule has 0 radical (unpaired) electrons. The van der Waals surface area contributed by atoms with Crippen LogP contribution in [0, 0.1) is 0 Å². The van der Waals surface area contributed by atoms with Crippen molar-refractivity contribution in [1.82, 2.24) is 14.6 Å². The number of aromatic nitrogens is 1. The van der Waals surface area contributed by atoms with Gasteiger partial charge in [-0.2, -0.15) is 8.78 Å². The van der Waals surface area contributed by atoms with Crippen molar-refractivity contribution in [2.24, 2.45) is 7.05 Å². The standard InChI is InChI=1S/C17H21F2N3O5S/c1-20-28(24,25)12-9-13(22(2)10-12)16(23)21-7-6-11-4-5-14(26-3)15(8-11)27-17(18)19/h4-5,8-10,17,20H,6-7H2,1-3H3,(H,21,23). The first-order valence-corrected chi connectivity index (χ1v) is 9.66. The van der Waals surface area contributed by atoms with E-state index in [1.54, 1.807) is 13.1 Å². The number of hydrogen-bond acceptors (Lipinski definition) is 5. The second kappa shape index (κ2) is 9.02. The lowest BCUT2D eigenvalue weighted by Gasteiger charge is -2.12. The molecule has 0 saturated carbocycles. The van der Waals surface area contributed by atoms with Gasteiger partial charge in [0.1, 0.15) is 10.6 Å². The fraction of sp³-hybridized carbons (Fsp3) is 0.353. The molecule has 1 aromatic carbocycles. The highest BCUT2D eigenvalue weighted by Gasteiger charge is 2.19. The van der Waals surface area contributed by atoms with E-state index in [9.17, 15) is 22.0 Å². The summed E-state index contributed by atoms with van der Waals surface area (Å²) in [5, 5.41) is 2.66. The minimum Gasteiger partial charge on any atom is -0.493 e. The largest absolute Gasteiger partial charge is 0.493 e. The fourth-order valence-corrected chi connectivity index (χ4v) is 3.30. The van der Waals surface area contributed by atoms with Crippen LogP contribution in [-0.2, 0) is 23.5 Å². The highest BCUT2D eigenvalue weighted by molar-refractivity contribution is 7.89. The zero-order chi connectivity index (χ0) is 20.9. The maximum absolute atomic E-state index is 12.5. The summed E-state index contributed by atoms with van der Waals surface area (Å²) in [6, 6.07) is 5.85. The van der Waals surface area contributed by atoms with Gasteiger partial charge in [-0.1, -0.05) is 6.07 Å². The third-order valence-electron chi connectivity index (χ3n) is 3.93. The van der Waals surface area contributed by atoms with Crippen molar-refractivity contribution in [3.8, 4) is 11.5 Å². The average Bonchev–Trinajstić information content (AvgIpc) is 3.04. The van der Waals surface area contributed by atoms with Crippen LogP contribution in [0.25, 0.3) is 0 Å². The highest BCUT2D eigenvalue weighted by atomic mass is 32.2. The third kappa shape index (κ3) is 5.20. The molecule has 1 heterocycles. The molecule has 11 heteroatoms. The van der Waals surface area contributed by atoms with Gasteiger partial charge in [-0.25, -0.2) is 13.1 Å². The predicted molar refractivity (Wildman–Crippen MR) is 97.3 cm³/mol. The Morgan fingerprint density at radius 3 is 2.57 bits per heavy atom. The second-order valence-corrected chi connectivity index (χ2v) is 7.64. The average molecular weight is 417 g/mol. The lowest BCUT2D eigenvalue weighted by atomic mass is 10.1. The van der Waals surface area contributed by atoms with Gasteiger partial charge in [0.05, 0.1) is 7.11 Å². The van der Waals surface area contributed by atoms with E-state index in [4.69, 9.17) is 4.74 Å². The van der Waals surface area contributed by atoms with Crippen LogP contribution >= 0.6 is 0 Å². The molecule has 28 heavy (non-hydrogen) atoms. The predicted octanol–water partition coefficient (Wildman–Crippen LogP) is 1.52. The summed E-state index contributed by atoms with van der Waals surface area (Å²) < 4.78 is 61.6. The molecular formula is C17H21F2N3O5S. The normalized spacial score (nSPS) is 11.5. The molecule has 8 nitrogen and oxygen atoms in total. The molecule has 2 aromatic rings. The highest BCUT2D eigenvalue weighted by Crippen LogP contribution is 2.29. The molecule has 2 rings (SSSR count). The molecule has 0 aliphatic rings. The Kier molecular flexibility index (Phi) is 6.97. The molecule has 0 aliphatic heterocycles. The number of hydrogen-bond donors (Lipinski definition) is 2. The van der Waals surface area contributed by atoms with Crippen LogP contribution in [-0.4, -0.2) is 46.2 Å². The van der Waals surface area contributed by atoms with Gasteiger partial charge in [-0.05, 0) is 37.2 Å². The first-order valence-electron chi connectivity index (χ1n) is 8.17. The molecular weight excluding hydrogens is 396 g/mol. The number of aryl methyl sites for hydroxylation is 1. The number of carbonyl (C=O) groups is 1. The summed E-state index contributed by atoms with van der Waals surface area (Å²) in [7, 11) is 0.524.